The summed E-state index contributed by atoms with van der Waals surface area (Å²) in [6.07, 6.45) is 0.380. The van der Waals surface area contributed by atoms with Crippen LogP contribution in [0.15, 0.2) is 17.5 Å². The van der Waals surface area contributed by atoms with Crippen molar-refractivity contribution >= 4 is 31.6 Å². The predicted molar refractivity (Wildman–Crippen MR) is 73.4 cm³/mol. The Labute approximate surface area is 115 Å². The molecule has 1 aromatic heterocycles. The third-order valence-electron chi connectivity index (χ3n) is 3.11. The first-order valence-electron chi connectivity index (χ1n) is 5.65. The van der Waals surface area contributed by atoms with Crippen LogP contribution in [-0.4, -0.2) is 34.7 Å². The fourth-order valence-corrected chi connectivity index (χ4v) is 3.28. The van der Waals surface area contributed by atoms with Gasteiger partial charge in [0.25, 0.3) is 11.8 Å². The van der Waals surface area contributed by atoms with Crippen molar-refractivity contribution in [2.75, 3.05) is 6.54 Å². The summed E-state index contributed by atoms with van der Waals surface area (Å²) >= 11 is 1.28. The second kappa shape index (κ2) is 5.42. The molecule has 0 spiro atoms. The number of hydrogen-bond donors (Lipinski definition) is 3. The molecule has 1 aliphatic heterocycles. The van der Waals surface area contributed by atoms with Crippen LogP contribution in [0.25, 0.3) is 0 Å². The highest BCUT2D eigenvalue weighted by Crippen LogP contribution is 2.29. The second-order valence-corrected chi connectivity index (χ2v) is 6.48. The van der Waals surface area contributed by atoms with Crippen molar-refractivity contribution in [3.63, 3.8) is 0 Å². The Balaban J connectivity index is 2.17. The van der Waals surface area contributed by atoms with E-state index in [1.165, 1.54) is 11.3 Å². The summed E-state index contributed by atoms with van der Waals surface area (Å²) in [4.78, 5) is 24.4. The summed E-state index contributed by atoms with van der Waals surface area (Å²) in [5.74, 6) is 4.57. The largest absolute Gasteiger partial charge is 0.346 e. The highest BCUT2D eigenvalue weighted by molar-refractivity contribution is 7.27. The molecule has 5 N–H and O–H groups in total. The van der Waals surface area contributed by atoms with Gasteiger partial charge in [-0.2, -0.15) is 0 Å². The van der Waals surface area contributed by atoms with E-state index in [9.17, 15) is 14.2 Å². The Morgan fingerprint density at radius 2 is 2.37 bits per heavy atom. The first-order valence-corrected chi connectivity index (χ1v) is 7.58. The van der Waals surface area contributed by atoms with E-state index in [2.05, 4.69) is 5.32 Å². The van der Waals surface area contributed by atoms with Gasteiger partial charge in [-0.1, -0.05) is 6.07 Å². The standard InChI is InChI=1S/C10H15N4O3PS/c11-10(18-17)7(3-4-14(12)9(10)16)13-8(15)6-2-1-5-19-6/h1-2,5,7H,3-4,11-12,18H2,(H,13,15)/t7?,10-/m0/s1. The number of carbonyl (C=O) groups is 2. The van der Waals surface area contributed by atoms with Gasteiger partial charge < -0.3 is 15.6 Å². The summed E-state index contributed by atoms with van der Waals surface area (Å²) in [6.45, 7) is 0.270. The van der Waals surface area contributed by atoms with Gasteiger partial charge in [-0.15, -0.1) is 11.3 Å². The second-order valence-electron chi connectivity index (χ2n) is 4.34. The summed E-state index contributed by atoms with van der Waals surface area (Å²) in [5, 5.41) is 3.81. The van der Waals surface area contributed by atoms with Crippen LogP contribution >= 0.6 is 19.8 Å². The molecule has 1 aliphatic rings. The third kappa shape index (κ3) is 2.57. The molecule has 19 heavy (non-hydrogen) atoms. The molecular weight excluding hydrogens is 287 g/mol. The summed E-state index contributed by atoms with van der Waals surface area (Å²) in [5.41, 5.74) is 5.88. The molecule has 7 nitrogen and oxygen atoms in total. The van der Waals surface area contributed by atoms with Crippen molar-refractivity contribution in [3.05, 3.63) is 22.4 Å². The molecule has 0 saturated carbocycles. The van der Waals surface area contributed by atoms with Gasteiger partial charge in [0.15, 0.2) is 5.28 Å². The third-order valence-corrected chi connectivity index (χ3v) is 5.02. The van der Waals surface area contributed by atoms with Gasteiger partial charge >= 0.3 is 0 Å². The van der Waals surface area contributed by atoms with Crippen molar-refractivity contribution in [1.82, 2.24) is 10.3 Å². The topological polar surface area (TPSA) is 119 Å². The summed E-state index contributed by atoms with van der Waals surface area (Å²) < 4.78 is 11.3. The van der Waals surface area contributed by atoms with E-state index in [0.29, 0.717) is 11.3 Å². The molecule has 2 unspecified atom stereocenters. The van der Waals surface area contributed by atoms with Crippen LogP contribution in [0.1, 0.15) is 16.1 Å². The van der Waals surface area contributed by atoms with E-state index in [0.717, 1.165) is 5.01 Å². The molecule has 1 saturated heterocycles. The average molecular weight is 302 g/mol. The van der Waals surface area contributed by atoms with E-state index in [-0.39, 0.29) is 12.5 Å². The Hall–Kier alpha value is -1.21. The van der Waals surface area contributed by atoms with Crippen LogP contribution in [0.2, 0.25) is 0 Å². The zero-order valence-electron chi connectivity index (χ0n) is 10.0. The number of rotatable bonds is 3. The van der Waals surface area contributed by atoms with E-state index >= 15 is 0 Å². The molecule has 0 aliphatic carbocycles. The maximum Gasteiger partial charge on any atom is 0.265 e. The molecule has 0 radical (unpaired) electrons. The average Bonchev–Trinajstić information content (AvgIpc) is 2.93. The van der Waals surface area contributed by atoms with Crippen molar-refractivity contribution in [2.24, 2.45) is 11.6 Å². The van der Waals surface area contributed by atoms with Crippen LogP contribution in [0.5, 0.6) is 0 Å². The number of hydrogen-bond acceptors (Lipinski definition) is 6. The smallest absolute Gasteiger partial charge is 0.265 e. The summed E-state index contributed by atoms with van der Waals surface area (Å²) in [6, 6.07) is 2.76. The molecule has 0 aromatic carbocycles. The highest BCUT2D eigenvalue weighted by atomic mass is 32.1. The van der Waals surface area contributed by atoms with E-state index < -0.39 is 25.7 Å². The number of carbonyl (C=O) groups excluding carboxylic acids is 2. The highest BCUT2D eigenvalue weighted by Gasteiger charge is 2.47. The lowest BCUT2D eigenvalue weighted by molar-refractivity contribution is -0.137. The van der Waals surface area contributed by atoms with Crippen molar-refractivity contribution in [3.8, 4) is 0 Å². The number of thiophene rings is 1. The van der Waals surface area contributed by atoms with Crippen molar-refractivity contribution < 1.29 is 14.2 Å². The molecule has 2 amide bonds. The van der Waals surface area contributed by atoms with Gasteiger partial charge in [0.2, 0.25) is 0 Å². The molecule has 2 heterocycles. The number of hydrazine groups is 1. The van der Waals surface area contributed by atoms with Gasteiger partial charge in [-0.25, -0.2) is 5.84 Å². The lowest BCUT2D eigenvalue weighted by atomic mass is 9.99. The molecule has 1 fully saturated rings. The van der Waals surface area contributed by atoms with Crippen molar-refractivity contribution in [2.45, 2.75) is 17.7 Å². The lowest BCUT2D eigenvalue weighted by Crippen LogP contribution is -2.68. The minimum Gasteiger partial charge on any atom is -0.346 e. The molecule has 0 bridgehead atoms. The Kier molecular flexibility index (Phi) is 4.05. The molecule has 3 atom stereocenters. The van der Waals surface area contributed by atoms with Crippen LogP contribution in [-0.2, 0) is 9.36 Å². The molecular formula is C10H15N4O3PS. The molecule has 1 aromatic rings. The van der Waals surface area contributed by atoms with Gasteiger partial charge in [-0.3, -0.25) is 14.6 Å². The van der Waals surface area contributed by atoms with Gasteiger partial charge in [-0.05, 0) is 17.9 Å². The Bertz CT molecular complexity index is 509. The quantitative estimate of drug-likeness (QED) is 0.390. The normalized spacial score (nSPS) is 28.0. The van der Waals surface area contributed by atoms with Gasteiger partial charge in [0.1, 0.15) is 0 Å². The zero-order valence-corrected chi connectivity index (χ0v) is 12.0. The SMILES string of the molecule is NN1CCC(NC(=O)c2cccs2)[C@](N)([PH2]=O)C1=O. The Morgan fingerprint density at radius 1 is 1.63 bits per heavy atom. The molecule has 2 rings (SSSR count). The van der Waals surface area contributed by atoms with Crippen LogP contribution in [0.4, 0.5) is 0 Å². The predicted octanol–water partition coefficient (Wildman–Crippen LogP) is -0.636. The number of amides is 2. The first kappa shape index (κ1) is 14.2. The van der Waals surface area contributed by atoms with E-state index in [1.807, 2.05) is 0 Å². The maximum atomic E-state index is 12.0. The van der Waals surface area contributed by atoms with Crippen LogP contribution in [0, 0.1) is 0 Å². The number of piperidine rings is 1. The monoisotopic (exact) mass is 302 g/mol. The van der Waals surface area contributed by atoms with Crippen LogP contribution < -0.4 is 16.9 Å². The number of nitrogens with two attached hydrogens (primary N) is 2. The first-order chi connectivity index (χ1) is 8.99. The minimum atomic E-state index is -1.60. The summed E-state index contributed by atoms with van der Waals surface area (Å²) in [7, 11) is -1.60. The maximum absolute atomic E-state index is 12.0. The molecule has 104 valence electrons. The zero-order chi connectivity index (χ0) is 14.0. The fraction of sp³-hybridized carbons (Fsp3) is 0.400. The number of nitrogens with one attached hydrogen (secondary N) is 1. The van der Waals surface area contributed by atoms with E-state index in [1.54, 1.807) is 17.5 Å². The van der Waals surface area contributed by atoms with Gasteiger partial charge in [0.05, 0.1) is 19.4 Å². The van der Waals surface area contributed by atoms with Crippen molar-refractivity contribution in [1.29, 1.82) is 0 Å². The van der Waals surface area contributed by atoms with Crippen LogP contribution in [0.3, 0.4) is 0 Å². The Morgan fingerprint density at radius 3 is 2.95 bits per heavy atom. The van der Waals surface area contributed by atoms with Gasteiger partial charge in [0, 0.05) is 6.54 Å². The molecule has 9 heteroatoms. The minimum absolute atomic E-state index is 0.270. The lowest BCUT2D eigenvalue weighted by Gasteiger charge is -2.40. The van der Waals surface area contributed by atoms with E-state index in [4.69, 9.17) is 11.6 Å². The fourth-order valence-electron chi connectivity index (χ4n) is 1.97. The number of nitrogens with zero attached hydrogens (tertiary/aromatic N) is 1.